The lowest BCUT2D eigenvalue weighted by Gasteiger charge is -2.24. The Balaban J connectivity index is 1.97. The molecule has 4 rings (SSSR count). The molecule has 1 aliphatic rings. The number of fused-ring (bicyclic) bond motifs is 1. The van der Waals surface area contributed by atoms with Crippen LogP contribution in [-0.4, -0.2) is 17.1 Å². The third kappa shape index (κ3) is 3.88. The number of esters is 1. The molecule has 0 aliphatic carbocycles. The second kappa shape index (κ2) is 8.43. The Hall–Kier alpha value is -3.32. The molecule has 0 saturated heterocycles. The third-order valence-corrected chi connectivity index (χ3v) is 6.07. The van der Waals surface area contributed by atoms with E-state index >= 15 is 0 Å². The molecule has 1 atom stereocenters. The average molecular weight is 437 g/mol. The third-order valence-electron chi connectivity index (χ3n) is 5.09. The van der Waals surface area contributed by atoms with Crippen LogP contribution in [0.4, 0.5) is 4.39 Å². The lowest BCUT2D eigenvalue weighted by molar-refractivity contribution is -0.139. The lowest BCUT2D eigenvalue weighted by Crippen LogP contribution is -2.40. The predicted octanol–water partition coefficient (Wildman–Crippen LogP) is 3.25. The zero-order chi connectivity index (χ0) is 22.1. The van der Waals surface area contributed by atoms with E-state index in [1.54, 1.807) is 38.1 Å². The van der Waals surface area contributed by atoms with Crippen molar-refractivity contribution in [2.45, 2.75) is 26.8 Å². The minimum Gasteiger partial charge on any atom is -0.463 e. The zero-order valence-corrected chi connectivity index (χ0v) is 18.2. The van der Waals surface area contributed by atoms with Crippen LogP contribution < -0.4 is 14.9 Å². The fourth-order valence-electron chi connectivity index (χ4n) is 3.60. The number of carbonyl (C=O) groups excluding carboxylic acids is 1. The van der Waals surface area contributed by atoms with E-state index in [1.807, 2.05) is 31.2 Å². The van der Waals surface area contributed by atoms with Gasteiger partial charge in [0.05, 0.1) is 22.4 Å². The van der Waals surface area contributed by atoms with Crippen molar-refractivity contribution in [2.75, 3.05) is 6.61 Å². The Labute approximate surface area is 182 Å². The first kappa shape index (κ1) is 20.9. The van der Waals surface area contributed by atoms with Crippen molar-refractivity contribution in [3.63, 3.8) is 0 Å². The summed E-state index contributed by atoms with van der Waals surface area (Å²) in [4.78, 5) is 31.1. The molecule has 0 N–H and O–H groups in total. The molecular weight excluding hydrogens is 415 g/mol. The lowest BCUT2D eigenvalue weighted by atomic mass is 9.95. The number of nitrogens with zero attached hydrogens (tertiary/aromatic N) is 2. The normalized spacial score (nSPS) is 16.1. The van der Waals surface area contributed by atoms with E-state index in [0.29, 0.717) is 15.0 Å². The molecule has 158 valence electrons. The molecule has 31 heavy (non-hydrogen) atoms. The van der Waals surface area contributed by atoms with Gasteiger partial charge in [0.25, 0.3) is 5.56 Å². The summed E-state index contributed by atoms with van der Waals surface area (Å²) in [6, 6.07) is 13.0. The highest BCUT2D eigenvalue weighted by Crippen LogP contribution is 2.32. The number of halogens is 1. The van der Waals surface area contributed by atoms with Crippen LogP contribution in [0, 0.1) is 12.7 Å². The number of aromatic nitrogens is 1. The molecule has 0 saturated carbocycles. The van der Waals surface area contributed by atoms with Crippen molar-refractivity contribution in [3.8, 4) is 0 Å². The summed E-state index contributed by atoms with van der Waals surface area (Å²) in [5, 5.41) is 0. The standard InChI is InChI=1S/C24H21FN2O3S/c1-4-30-23(29)20-15(3)26-24-27(21(20)17-7-5-6-8-18(17)25)22(28)19(31-24)13-16-11-9-14(2)10-12-16/h5-13,21H,4H2,1-3H3/b19-13-. The van der Waals surface area contributed by atoms with E-state index in [2.05, 4.69) is 4.99 Å². The van der Waals surface area contributed by atoms with E-state index < -0.39 is 17.8 Å². The number of carbonyl (C=O) groups is 1. The van der Waals surface area contributed by atoms with Crippen LogP contribution in [0.1, 0.15) is 36.6 Å². The Kier molecular flexibility index (Phi) is 5.69. The highest BCUT2D eigenvalue weighted by molar-refractivity contribution is 7.07. The largest absolute Gasteiger partial charge is 0.463 e. The number of thiazole rings is 1. The van der Waals surface area contributed by atoms with Gasteiger partial charge in [0, 0.05) is 5.56 Å². The van der Waals surface area contributed by atoms with Crippen LogP contribution in [0.2, 0.25) is 0 Å². The molecule has 0 amide bonds. The maximum Gasteiger partial charge on any atom is 0.338 e. The molecule has 7 heteroatoms. The minimum atomic E-state index is -0.948. The first-order valence-corrected chi connectivity index (χ1v) is 10.7. The molecule has 2 heterocycles. The number of hydrogen-bond acceptors (Lipinski definition) is 5. The highest BCUT2D eigenvalue weighted by atomic mass is 32.1. The fraction of sp³-hybridized carbons (Fsp3) is 0.208. The Bertz CT molecular complexity index is 1370. The molecule has 0 radical (unpaired) electrons. The Morgan fingerprint density at radius 2 is 1.90 bits per heavy atom. The van der Waals surface area contributed by atoms with E-state index in [4.69, 9.17) is 4.74 Å². The first-order chi connectivity index (χ1) is 14.9. The quantitative estimate of drug-likeness (QED) is 0.590. The van der Waals surface area contributed by atoms with Gasteiger partial charge < -0.3 is 4.74 Å². The summed E-state index contributed by atoms with van der Waals surface area (Å²) >= 11 is 1.22. The summed E-state index contributed by atoms with van der Waals surface area (Å²) in [5.74, 6) is -1.11. The summed E-state index contributed by atoms with van der Waals surface area (Å²) in [6.45, 7) is 5.53. The van der Waals surface area contributed by atoms with Gasteiger partial charge in [-0.3, -0.25) is 9.36 Å². The maximum absolute atomic E-state index is 14.8. The van der Waals surface area contributed by atoms with Crippen LogP contribution in [0.15, 0.2) is 69.6 Å². The second-order valence-corrected chi connectivity index (χ2v) is 8.24. The van der Waals surface area contributed by atoms with Gasteiger partial charge in [0.2, 0.25) is 0 Å². The van der Waals surface area contributed by atoms with Crippen molar-refractivity contribution in [3.05, 3.63) is 102 Å². The van der Waals surface area contributed by atoms with Crippen LogP contribution in [0.3, 0.4) is 0 Å². The van der Waals surface area contributed by atoms with Crippen molar-refractivity contribution in [1.82, 2.24) is 4.57 Å². The van der Waals surface area contributed by atoms with Crippen molar-refractivity contribution in [1.29, 1.82) is 0 Å². The van der Waals surface area contributed by atoms with E-state index in [0.717, 1.165) is 11.1 Å². The molecule has 1 unspecified atom stereocenters. The number of rotatable bonds is 4. The molecule has 1 aromatic heterocycles. The fourth-order valence-corrected chi connectivity index (χ4v) is 4.64. The molecule has 1 aliphatic heterocycles. The molecule has 0 bridgehead atoms. The monoisotopic (exact) mass is 436 g/mol. The molecule has 0 spiro atoms. The van der Waals surface area contributed by atoms with Crippen molar-refractivity contribution in [2.24, 2.45) is 4.99 Å². The van der Waals surface area contributed by atoms with Gasteiger partial charge in [0.15, 0.2) is 4.80 Å². The van der Waals surface area contributed by atoms with Gasteiger partial charge in [-0.2, -0.15) is 0 Å². The first-order valence-electron chi connectivity index (χ1n) is 9.91. The van der Waals surface area contributed by atoms with Crippen LogP contribution in [0.5, 0.6) is 0 Å². The minimum absolute atomic E-state index is 0.164. The van der Waals surface area contributed by atoms with Crippen molar-refractivity contribution < 1.29 is 13.9 Å². The molecule has 2 aromatic carbocycles. The van der Waals surface area contributed by atoms with E-state index in [9.17, 15) is 14.0 Å². The topological polar surface area (TPSA) is 60.7 Å². The maximum atomic E-state index is 14.8. The van der Waals surface area contributed by atoms with Gasteiger partial charge in [0.1, 0.15) is 11.9 Å². The predicted molar refractivity (Wildman–Crippen MR) is 118 cm³/mol. The molecule has 5 nitrogen and oxygen atoms in total. The molecule has 3 aromatic rings. The summed E-state index contributed by atoms with van der Waals surface area (Å²) in [7, 11) is 0. The van der Waals surface area contributed by atoms with Crippen molar-refractivity contribution >= 4 is 23.4 Å². The van der Waals surface area contributed by atoms with Crippen LogP contribution >= 0.6 is 11.3 Å². The average Bonchev–Trinajstić information content (AvgIpc) is 3.04. The number of hydrogen-bond donors (Lipinski definition) is 0. The highest BCUT2D eigenvalue weighted by Gasteiger charge is 2.34. The summed E-state index contributed by atoms with van der Waals surface area (Å²) in [6.07, 6.45) is 1.78. The van der Waals surface area contributed by atoms with Gasteiger partial charge >= 0.3 is 5.97 Å². The van der Waals surface area contributed by atoms with E-state index in [-0.39, 0.29) is 23.3 Å². The SMILES string of the molecule is CCOC(=O)C1=C(C)N=c2s/c(=C\c3ccc(C)cc3)c(=O)n2C1c1ccccc1F. The smallest absolute Gasteiger partial charge is 0.338 e. The van der Waals surface area contributed by atoms with Gasteiger partial charge in [-0.25, -0.2) is 14.2 Å². The van der Waals surface area contributed by atoms with Gasteiger partial charge in [-0.1, -0.05) is 59.4 Å². The van der Waals surface area contributed by atoms with Crippen LogP contribution in [0.25, 0.3) is 6.08 Å². The molecule has 0 fully saturated rings. The number of aryl methyl sites for hydroxylation is 1. The molecular formula is C24H21FN2O3S. The Morgan fingerprint density at radius 3 is 2.58 bits per heavy atom. The second-order valence-electron chi connectivity index (χ2n) is 7.23. The summed E-state index contributed by atoms with van der Waals surface area (Å²) < 4.78 is 21.9. The van der Waals surface area contributed by atoms with Gasteiger partial charge in [-0.05, 0) is 38.5 Å². The van der Waals surface area contributed by atoms with E-state index in [1.165, 1.54) is 22.0 Å². The zero-order valence-electron chi connectivity index (χ0n) is 17.4. The number of ether oxygens (including phenoxy) is 1. The number of benzene rings is 2. The summed E-state index contributed by atoms with van der Waals surface area (Å²) in [5.41, 5.74) is 2.47. The van der Waals surface area contributed by atoms with Crippen LogP contribution in [-0.2, 0) is 9.53 Å². The van der Waals surface area contributed by atoms with Gasteiger partial charge in [-0.15, -0.1) is 0 Å². The Morgan fingerprint density at radius 1 is 1.19 bits per heavy atom. The number of allylic oxidation sites excluding steroid dienone is 1.